The number of aromatic amines is 1. The van der Waals surface area contributed by atoms with Crippen molar-refractivity contribution in [1.82, 2.24) is 25.9 Å². The highest BCUT2D eigenvalue weighted by Crippen LogP contribution is 2.46. The molecule has 0 bridgehead atoms. The molecule has 4 heterocycles. The normalized spacial score (nSPS) is 38.4. The highest BCUT2D eigenvalue weighted by atomic mass is 16.9. The molecule has 3 aliphatic heterocycles. The maximum absolute atomic E-state index is 11.8. The highest BCUT2D eigenvalue weighted by molar-refractivity contribution is 5.73. The van der Waals surface area contributed by atoms with Crippen LogP contribution in [-0.2, 0) is 28.5 Å². The van der Waals surface area contributed by atoms with Crippen LogP contribution >= 0.6 is 0 Å². The summed E-state index contributed by atoms with van der Waals surface area (Å²) < 4.78 is 30.2. The van der Waals surface area contributed by atoms with E-state index < -0.39 is 48.3 Å². The fourth-order valence-corrected chi connectivity index (χ4v) is 3.72. The molecule has 6 atom stereocenters. The Hall–Kier alpha value is -1.66. The molecule has 1 aromatic rings. The molecule has 3 saturated heterocycles. The number of carbonyl (C=O) groups excluding carboxylic acids is 1. The van der Waals surface area contributed by atoms with E-state index in [4.69, 9.17) is 23.7 Å². The Morgan fingerprint density at radius 3 is 2.38 bits per heavy atom. The molecule has 0 spiro atoms. The second-order valence-corrected chi connectivity index (χ2v) is 7.58. The van der Waals surface area contributed by atoms with Gasteiger partial charge in [-0.1, -0.05) is 5.21 Å². The predicted molar refractivity (Wildman–Crippen MR) is 83.3 cm³/mol. The van der Waals surface area contributed by atoms with E-state index in [-0.39, 0.29) is 11.7 Å². The monoisotopic (exact) mass is 369 g/mol. The summed E-state index contributed by atoms with van der Waals surface area (Å²) in [5.41, 5.74) is 0. The molecule has 1 amide bonds. The average molecular weight is 369 g/mol. The first kappa shape index (κ1) is 17.7. The first-order valence-corrected chi connectivity index (χ1v) is 8.52. The van der Waals surface area contributed by atoms with E-state index in [2.05, 4.69) is 25.9 Å². The van der Waals surface area contributed by atoms with Gasteiger partial charge in [0.1, 0.15) is 30.5 Å². The van der Waals surface area contributed by atoms with Gasteiger partial charge in [0.25, 0.3) is 0 Å². The zero-order valence-corrected chi connectivity index (χ0v) is 15.3. The van der Waals surface area contributed by atoms with Crippen LogP contribution in [0, 0.1) is 0 Å². The van der Waals surface area contributed by atoms with Crippen LogP contribution in [-0.4, -0.2) is 68.8 Å². The van der Waals surface area contributed by atoms with Crippen molar-refractivity contribution >= 4 is 5.91 Å². The molecular formula is C15H23N5O6. The summed E-state index contributed by atoms with van der Waals surface area (Å²) in [5.74, 6) is -1.63. The molecule has 3 fully saturated rings. The molecule has 0 aliphatic carbocycles. The van der Waals surface area contributed by atoms with Crippen molar-refractivity contribution < 1.29 is 28.5 Å². The van der Waals surface area contributed by atoms with Crippen LogP contribution in [0.1, 0.15) is 46.5 Å². The van der Waals surface area contributed by atoms with Gasteiger partial charge in [-0.25, -0.2) is 0 Å². The first-order valence-electron chi connectivity index (χ1n) is 8.52. The Kier molecular flexibility index (Phi) is 4.04. The fraction of sp³-hybridized carbons (Fsp3) is 0.867. The first-order chi connectivity index (χ1) is 12.2. The van der Waals surface area contributed by atoms with Crippen molar-refractivity contribution in [2.45, 2.75) is 82.9 Å². The third kappa shape index (κ3) is 3.09. The minimum absolute atomic E-state index is 0.260. The Morgan fingerprint density at radius 2 is 1.73 bits per heavy atom. The molecule has 3 aliphatic rings. The number of hydrogen-bond acceptors (Lipinski definition) is 9. The number of fused-ring (bicyclic) bond motifs is 3. The van der Waals surface area contributed by atoms with Gasteiger partial charge in [0.05, 0.1) is 0 Å². The van der Waals surface area contributed by atoms with Crippen LogP contribution in [0.4, 0.5) is 0 Å². The van der Waals surface area contributed by atoms with Gasteiger partial charge in [0, 0.05) is 6.92 Å². The molecular weight excluding hydrogens is 346 g/mol. The second kappa shape index (κ2) is 5.92. The Labute approximate surface area is 150 Å². The van der Waals surface area contributed by atoms with Gasteiger partial charge in [-0.3, -0.25) is 4.79 Å². The molecule has 0 radical (unpaired) electrons. The SMILES string of the molecule is CC(=O)N[C@@H](c1nn[nH]n1)[C@H]1O[C@@H]2OC(C)(C)O[C@@H]2[C@H]2OC(C)(C)O[C@H]21. The minimum Gasteiger partial charge on any atom is -0.343 e. The third-order valence-corrected chi connectivity index (χ3v) is 4.52. The summed E-state index contributed by atoms with van der Waals surface area (Å²) in [5, 5.41) is 16.8. The molecule has 4 rings (SSSR count). The molecule has 144 valence electrons. The lowest BCUT2D eigenvalue weighted by atomic mass is 9.93. The smallest absolute Gasteiger partial charge is 0.217 e. The van der Waals surface area contributed by atoms with E-state index in [0.717, 1.165) is 0 Å². The number of amides is 1. The largest absolute Gasteiger partial charge is 0.343 e. The van der Waals surface area contributed by atoms with Gasteiger partial charge in [0.15, 0.2) is 23.7 Å². The van der Waals surface area contributed by atoms with Gasteiger partial charge in [-0.2, -0.15) is 5.21 Å². The molecule has 2 N–H and O–H groups in total. The molecule has 0 unspecified atom stereocenters. The number of nitrogens with zero attached hydrogens (tertiary/aromatic N) is 3. The molecule has 0 aromatic carbocycles. The van der Waals surface area contributed by atoms with Gasteiger partial charge >= 0.3 is 0 Å². The lowest BCUT2D eigenvalue weighted by Gasteiger charge is -2.40. The van der Waals surface area contributed by atoms with Gasteiger partial charge in [0.2, 0.25) is 5.91 Å². The van der Waals surface area contributed by atoms with E-state index in [0.29, 0.717) is 0 Å². The van der Waals surface area contributed by atoms with Gasteiger partial charge in [-0.05, 0) is 27.7 Å². The zero-order valence-electron chi connectivity index (χ0n) is 15.3. The zero-order chi connectivity index (χ0) is 18.7. The summed E-state index contributed by atoms with van der Waals surface area (Å²) in [6, 6.07) is -0.690. The average Bonchev–Trinajstić information content (AvgIpc) is 3.19. The van der Waals surface area contributed by atoms with E-state index >= 15 is 0 Å². The standard InChI is InChI=1S/C15H23N5O6/c1-6(21)16-7(12-17-19-20-18-12)8-9-10(24-14(2,3)23-9)11-13(22-8)26-15(4,5)25-11/h7-11,13H,1-5H3,(H,16,21)(H,17,18,19,20)/t7-,8-,9+,10+,11-,13-/m1/s1. The number of nitrogens with one attached hydrogen (secondary N) is 2. The Morgan fingerprint density at radius 1 is 1.08 bits per heavy atom. The number of aromatic nitrogens is 4. The van der Waals surface area contributed by atoms with Crippen LogP contribution < -0.4 is 5.32 Å². The second-order valence-electron chi connectivity index (χ2n) is 7.58. The molecule has 1 aromatic heterocycles. The summed E-state index contributed by atoms with van der Waals surface area (Å²) >= 11 is 0. The summed E-state index contributed by atoms with van der Waals surface area (Å²) in [4.78, 5) is 11.8. The van der Waals surface area contributed by atoms with Crippen LogP contribution in [0.3, 0.4) is 0 Å². The van der Waals surface area contributed by atoms with Crippen molar-refractivity contribution in [3.05, 3.63) is 5.82 Å². The molecule has 26 heavy (non-hydrogen) atoms. The number of ether oxygens (including phenoxy) is 5. The number of rotatable bonds is 3. The van der Waals surface area contributed by atoms with Gasteiger partial charge in [-0.15, -0.1) is 10.2 Å². The van der Waals surface area contributed by atoms with Crippen LogP contribution in [0.5, 0.6) is 0 Å². The summed E-state index contributed by atoms with van der Waals surface area (Å²) in [7, 11) is 0. The Balaban J connectivity index is 1.69. The summed E-state index contributed by atoms with van der Waals surface area (Å²) in [6.45, 7) is 8.67. The van der Waals surface area contributed by atoms with Crippen molar-refractivity contribution in [3.8, 4) is 0 Å². The van der Waals surface area contributed by atoms with Crippen LogP contribution in [0.2, 0.25) is 0 Å². The van der Waals surface area contributed by atoms with Crippen molar-refractivity contribution in [2.24, 2.45) is 0 Å². The van der Waals surface area contributed by atoms with Gasteiger partial charge < -0.3 is 29.0 Å². The maximum atomic E-state index is 11.8. The predicted octanol–water partition coefficient (Wildman–Crippen LogP) is -0.227. The topological polar surface area (TPSA) is 130 Å². The van der Waals surface area contributed by atoms with Crippen molar-refractivity contribution in [1.29, 1.82) is 0 Å². The van der Waals surface area contributed by atoms with E-state index in [1.165, 1.54) is 6.92 Å². The molecule has 11 nitrogen and oxygen atoms in total. The molecule has 0 saturated carbocycles. The number of H-pyrrole nitrogens is 1. The minimum atomic E-state index is -0.833. The number of tetrazole rings is 1. The Bertz CT molecular complexity index is 680. The van der Waals surface area contributed by atoms with Crippen molar-refractivity contribution in [2.75, 3.05) is 0 Å². The number of hydrogen-bond donors (Lipinski definition) is 2. The highest BCUT2D eigenvalue weighted by Gasteiger charge is 2.62. The van der Waals surface area contributed by atoms with E-state index in [1.807, 2.05) is 27.7 Å². The van der Waals surface area contributed by atoms with E-state index in [1.54, 1.807) is 0 Å². The maximum Gasteiger partial charge on any atom is 0.217 e. The third-order valence-electron chi connectivity index (χ3n) is 4.52. The van der Waals surface area contributed by atoms with E-state index in [9.17, 15) is 4.79 Å². The lowest BCUT2D eigenvalue weighted by molar-refractivity contribution is -0.240. The quantitative estimate of drug-likeness (QED) is 0.742. The van der Waals surface area contributed by atoms with Crippen LogP contribution in [0.15, 0.2) is 0 Å². The van der Waals surface area contributed by atoms with Crippen LogP contribution in [0.25, 0.3) is 0 Å². The number of carbonyl (C=O) groups is 1. The summed E-state index contributed by atoms with van der Waals surface area (Å²) in [6.07, 6.45) is -2.71. The van der Waals surface area contributed by atoms with Crippen molar-refractivity contribution in [3.63, 3.8) is 0 Å². The lowest BCUT2D eigenvalue weighted by Crippen LogP contribution is -2.58. The fourth-order valence-electron chi connectivity index (χ4n) is 3.72. The molecule has 11 heteroatoms.